The van der Waals surface area contributed by atoms with E-state index in [9.17, 15) is 4.79 Å². The number of rotatable bonds is 8. The Kier molecular flexibility index (Phi) is 7.51. The number of methoxy groups -OCH3 is 2. The lowest BCUT2D eigenvalue weighted by Gasteiger charge is -2.37. The molecule has 0 unspecified atom stereocenters. The summed E-state index contributed by atoms with van der Waals surface area (Å²) >= 11 is 1.35. The van der Waals surface area contributed by atoms with Gasteiger partial charge in [0.25, 0.3) is 0 Å². The first-order valence-electron chi connectivity index (χ1n) is 10.7. The summed E-state index contributed by atoms with van der Waals surface area (Å²) < 4.78 is 10.8. The van der Waals surface area contributed by atoms with Crippen molar-refractivity contribution in [3.8, 4) is 11.5 Å². The summed E-state index contributed by atoms with van der Waals surface area (Å²) in [6.45, 7) is 3.45. The van der Waals surface area contributed by atoms with Crippen LogP contribution in [0, 0.1) is 0 Å². The summed E-state index contributed by atoms with van der Waals surface area (Å²) in [5.74, 6) is 2.48. The average Bonchev–Trinajstić information content (AvgIpc) is 2.88. The smallest absolute Gasteiger partial charge is 0.234 e. The molecule has 0 bridgehead atoms. The minimum atomic E-state index is -0.122. The fraction of sp³-hybridized carbons (Fsp3) is 0.292. The molecule has 4 rings (SSSR count). The number of carbonyl (C=O) groups excluding carboxylic acids is 1. The SMILES string of the molecule is COc1ccccc1NC(=O)CSc1ccc(N2CCN(c3ccccc3OC)CC2)nn1. The lowest BCUT2D eigenvalue weighted by Crippen LogP contribution is -2.47. The monoisotopic (exact) mass is 465 g/mol. The Balaban J connectivity index is 1.28. The van der Waals surface area contributed by atoms with Gasteiger partial charge in [-0.2, -0.15) is 0 Å². The first-order chi connectivity index (χ1) is 16.2. The van der Waals surface area contributed by atoms with E-state index in [1.54, 1.807) is 14.2 Å². The predicted molar refractivity (Wildman–Crippen MR) is 132 cm³/mol. The molecule has 0 atom stereocenters. The summed E-state index contributed by atoms with van der Waals surface area (Å²) in [6, 6.07) is 19.3. The highest BCUT2D eigenvalue weighted by Gasteiger charge is 2.20. The highest BCUT2D eigenvalue weighted by Crippen LogP contribution is 2.29. The van der Waals surface area contributed by atoms with E-state index in [4.69, 9.17) is 9.47 Å². The predicted octanol–water partition coefficient (Wildman–Crippen LogP) is 3.55. The van der Waals surface area contributed by atoms with Crippen LogP contribution in [0.4, 0.5) is 17.2 Å². The van der Waals surface area contributed by atoms with E-state index in [1.807, 2.05) is 54.6 Å². The summed E-state index contributed by atoms with van der Waals surface area (Å²) in [7, 11) is 3.28. The lowest BCUT2D eigenvalue weighted by molar-refractivity contribution is -0.113. The van der Waals surface area contributed by atoms with Crippen LogP contribution in [-0.4, -0.2) is 62.3 Å². The zero-order valence-corrected chi connectivity index (χ0v) is 19.5. The Labute approximate surface area is 197 Å². The van der Waals surface area contributed by atoms with E-state index in [0.29, 0.717) is 16.5 Å². The molecular weight excluding hydrogens is 438 g/mol. The number of thioether (sulfide) groups is 1. The highest BCUT2D eigenvalue weighted by molar-refractivity contribution is 7.99. The number of para-hydroxylation sites is 4. The van der Waals surface area contributed by atoms with Crippen LogP contribution >= 0.6 is 11.8 Å². The van der Waals surface area contributed by atoms with E-state index in [-0.39, 0.29) is 11.7 Å². The van der Waals surface area contributed by atoms with Crippen molar-refractivity contribution in [3.63, 3.8) is 0 Å². The second kappa shape index (κ2) is 10.9. The number of nitrogens with one attached hydrogen (secondary N) is 1. The Hall–Kier alpha value is -3.46. The third-order valence-corrected chi connectivity index (χ3v) is 6.31. The third-order valence-electron chi connectivity index (χ3n) is 5.39. The molecule has 33 heavy (non-hydrogen) atoms. The van der Waals surface area contributed by atoms with Gasteiger partial charge in [0.15, 0.2) is 5.82 Å². The van der Waals surface area contributed by atoms with Gasteiger partial charge in [-0.05, 0) is 36.4 Å². The van der Waals surface area contributed by atoms with Gasteiger partial charge in [0.1, 0.15) is 16.5 Å². The molecule has 0 spiro atoms. The minimum absolute atomic E-state index is 0.122. The van der Waals surface area contributed by atoms with Crippen molar-refractivity contribution in [1.82, 2.24) is 10.2 Å². The van der Waals surface area contributed by atoms with Crippen LogP contribution in [0.25, 0.3) is 0 Å². The molecule has 0 radical (unpaired) electrons. The summed E-state index contributed by atoms with van der Waals surface area (Å²) in [6.07, 6.45) is 0. The maximum absolute atomic E-state index is 12.3. The van der Waals surface area contributed by atoms with Gasteiger partial charge in [-0.1, -0.05) is 36.0 Å². The largest absolute Gasteiger partial charge is 0.495 e. The topological polar surface area (TPSA) is 79.8 Å². The van der Waals surface area contributed by atoms with Crippen LogP contribution in [-0.2, 0) is 4.79 Å². The molecule has 1 aliphatic rings. The van der Waals surface area contributed by atoms with Gasteiger partial charge in [-0.25, -0.2) is 0 Å². The van der Waals surface area contributed by atoms with E-state index in [1.165, 1.54) is 11.8 Å². The second-order valence-electron chi connectivity index (χ2n) is 7.41. The molecule has 0 aliphatic carbocycles. The average molecular weight is 466 g/mol. The van der Waals surface area contributed by atoms with E-state index >= 15 is 0 Å². The van der Waals surface area contributed by atoms with Crippen LogP contribution in [0.5, 0.6) is 11.5 Å². The summed E-state index contributed by atoms with van der Waals surface area (Å²) in [4.78, 5) is 16.9. The standard InChI is InChI=1S/C24H27N5O3S/c1-31-20-9-5-3-7-18(20)25-23(30)17-33-24-12-11-22(26-27-24)29-15-13-28(14-16-29)19-8-4-6-10-21(19)32-2/h3-12H,13-17H2,1-2H3,(H,25,30). The number of aromatic nitrogens is 2. The Morgan fingerprint density at radius 2 is 1.55 bits per heavy atom. The Morgan fingerprint density at radius 1 is 0.879 bits per heavy atom. The highest BCUT2D eigenvalue weighted by atomic mass is 32.2. The van der Waals surface area contributed by atoms with Gasteiger partial charge in [-0.15, -0.1) is 10.2 Å². The Morgan fingerprint density at radius 3 is 2.24 bits per heavy atom. The number of hydrogen-bond donors (Lipinski definition) is 1. The molecule has 2 heterocycles. The minimum Gasteiger partial charge on any atom is -0.495 e. The number of amides is 1. The number of benzene rings is 2. The normalized spacial score (nSPS) is 13.5. The van der Waals surface area contributed by atoms with Gasteiger partial charge in [0.2, 0.25) is 5.91 Å². The van der Waals surface area contributed by atoms with E-state index in [2.05, 4.69) is 31.4 Å². The Bertz CT molecular complexity index is 1070. The number of piperazine rings is 1. The fourth-order valence-electron chi connectivity index (χ4n) is 3.70. The molecule has 172 valence electrons. The van der Waals surface area contributed by atoms with Crippen LogP contribution in [0.3, 0.4) is 0 Å². The first-order valence-corrected chi connectivity index (χ1v) is 11.7. The molecular formula is C24H27N5O3S. The maximum Gasteiger partial charge on any atom is 0.234 e. The zero-order valence-electron chi connectivity index (χ0n) is 18.7. The van der Waals surface area contributed by atoms with Crippen LogP contribution in [0.2, 0.25) is 0 Å². The van der Waals surface area contributed by atoms with E-state index < -0.39 is 0 Å². The first kappa shape index (κ1) is 22.7. The van der Waals surface area contributed by atoms with E-state index in [0.717, 1.165) is 43.4 Å². The zero-order chi connectivity index (χ0) is 23.0. The molecule has 1 aliphatic heterocycles. The van der Waals surface area contributed by atoms with Crippen molar-refractivity contribution in [2.75, 3.05) is 61.3 Å². The van der Waals surface area contributed by atoms with Gasteiger partial charge in [-0.3, -0.25) is 4.79 Å². The van der Waals surface area contributed by atoms with Gasteiger partial charge in [0, 0.05) is 26.2 Å². The van der Waals surface area contributed by atoms with Crippen LogP contribution in [0.15, 0.2) is 65.7 Å². The number of carbonyl (C=O) groups is 1. The molecule has 1 amide bonds. The quantitative estimate of drug-likeness (QED) is 0.506. The van der Waals surface area contributed by atoms with Crippen LogP contribution in [0.1, 0.15) is 0 Å². The van der Waals surface area contributed by atoms with Crippen molar-refractivity contribution in [2.24, 2.45) is 0 Å². The molecule has 1 fully saturated rings. The molecule has 0 saturated carbocycles. The second-order valence-corrected chi connectivity index (χ2v) is 8.41. The number of anilines is 3. The van der Waals surface area contributed by atoms with Crippen molar-refractivity contribution in [3.05, 3.63) is 60.7 Å². The molecule has 3 aromatic rings. The van der Waals surface area contributed by atoms with Gasteiger partial charge in [0.05, 0.1) is 31.3 Å². The molecule has 1 aromatic heterocycles. The van der Waals surface area contributed by atoms with Gasteiger partial charge >= 0.3 is 0 Å². The third kappa shape index (κ3) is 5.67. The number of hydrogen-bond acceptors (Lipinski definition) is 8. The maximum atomic E-state index is 12.3. The molecule has 2 aromatic carbocycles. The molecule has 1 saturated heterocycles. The van der Waals surface area contributed by atoms with Crippen molar-refractivity contribution >= 4 is 34.9 Å². The number of ether oxygens (including phenoxy) is 2. The van der Waals surface area contributed by atoms with Crippen molar-refractivity contribution < 1.29 is 14.3 Å². The van der Waals surface area contributed by atoms with Crippen molar-refractivity contribution in [2.45, 2.75) is 5.03 Å². The lowest BCUT2D eigenvalue weighted by atomic mass is 10.2. The van der Waals surface area contributed by atoms with Crippen molar-refractivity contribution in [1.29, 1.82) is 0 Å². The molecule has 9 heteroatoms. The van der Waals surface area contributed by atoms with Gasteiger partial charge < -0.3 is 24.6 Å². The molecule has 8 nitrogen and oxygen atoms in total. The number of nitrogens with zero attached hydrogens (tertiary/aromatic N) is 4. The summed E-state index contributed by atoms with van der Waals surface area (Å²) in [5.41, 5.74) is 1.77. The molecule has 1 N–H and O–H groups in total. The fourth-order valence-corrected chi connectivity index (χ4v) is 4.31. The van der Waals surface area contributed by atoms with Crippen LogP contribution < -0.4 is 24.6 Å². The summed E-state index contributed by atoms with van der Waals surface area (Å²) in [5, 5.41) is 12.3.